The number of hydrogen-bond acceptors (Lipinski definition) is 5. The van der Waals surface area contributed by atoms with Gasteiger partial charge in [-0.15, -0.1) is 0 Å². The van der Waals surface area contributed by atoms with Crippen molar-refractivity contribution in [2.45, 2.75) is 19.4 Å². The third-order valence-corrected chi connectivity index (χ3v) is 3.46. The molecule has 0 spiro atoms. The normalized spacial score (nSPS) is 17.9. The van der Waals surface area contributed by atoms with Gasteiger partial charge in [-0.1, -0.05) is 0 Å². The molecule has 2 amide bonds. The summed E-state index contributed by atoms with van der Waals surface area (Å²) in [5, 5.41) is 2.78. The van der Waals surface area contributed by atoms with Crippen LogP contribution in [-0.2, 0) is 14.3 Å². The van der Waals surface area contributed by atoms with E-state index >= 15 is 0 Å². The van der Waals surface area contributed by atoms with E-state index in [9.17, 15) is 9.59 Å². The first-order chi connectivity index (χ1) is 9.60. The molecule has 1 rings (SSSR count). The second kappa shape index (κ2) is 8.89. The number of piperazine rings is 1. The third-order valence-electron chi connectivity index (χ3n) is 3.46. The third kappa shape index (κ3) is 5.44. The van der Waals surface area contributed by atoms with Crippen LogP contribution < -0.4 is 11.1 Å². The minimum absolute atomic E-state index is 0.0369. The van der Waals surface area contributed by atoms with Crippen LogP contribution in [0.2, 0.25) is 0 Å². The maximum Gasteiger partial charge on any atom is 0.234 e. The molecule has 116 valence electrons. The lowest BCUT2D eigenvalue weighted by Gasteiger charge is -2.34. The number of nitrogens with zero attached hydrogens (tertiary/aromatic N) is 2. The molecule has 0 aromatic rings. The second-order valence-electron chi connectivity index (χ2n) is 4.91. The fraction of sp³-hybridized carbons (Fsp3) is 0.846. The quantitative estimate of drug-likeness (QED) is 0.603. The number of nitrogens with one attached hydrogen (secondary N) is 1. The van der Waals surface area contributed by atoms with Gasteiger partial charge >= 0.3 is 0 Å². The summed E-state index contributed by atoms with van der Waals surface area (Å²) in [6.45, 7) is 6.05. The van der Waals surface area contributed by atoms with Crippen LogP contribution in [0, 0.1) is 0 Å². The fourth-order valence-corrected chi connectivity index (χ4v) is 2.20. The summed E-state index contributed by atoms with van der Waals surface area (Å²) in [5.74, 6) is 0.106. The topological polar surface area (TPSA) is 87.9 Å². The van der Waals surface area contributed by atoms with Crippen LogP contribution in [0.5, 0.6) is 0 Å². The van der Waals surface area contributed by atoms with Crippen molar-refractivity contribution in [2.75, 3.05) is 52.9 Å². The molecule has 0 aromatic carbocycles. The zero-order valence-electron chi connectivity index (χ0n) is 12.4. The Balaban J connectivity index is 2.30. The number of methoxy groups -OCH3 is 1. The Kier molecular flexibility index (Phi) is 7.50. The Bertz CT molecular complexity index is 313. The van der Waals surface area contributed by atoms with Gasteiger partial charge in [-0.2, -0.15) is 0 Å². The Morgan fingerprint density at radius 3 is 2.45 bits per heavy atom. The van der Waals surface area contributed by atoms with Crippen molar-refractivity contribution in [1.82, 2.24) is 15.1 Å². The Hall–Kier alpha value is -1.18. The molecule has 0 saturated carbocycles. The monoisotopic (exact) mass is 286 g/mol. The van der Waals surface area contributed by atoms with Crippen LogP contribution in [0.1, 0.15) is 13.3 Å². The van der Waals surface area contributed by atoms with Crippen molar-refractivity contribution < 1.29 is 14.3 Å². The molecule has 1 aliphatic heterocycles. The Labute approximate surface area is 120 Å². The highest BCUT2D eigenvalue weighted by Gasteiger charge is 2.23. The predicted molar refractivity (Wildman–Crippen MR) is 76.2 cm³/mol. The van der Waals surface area contributed by atoms with Gasteiger partial charge in [-0.25, -0.2) is 0 Å². The smallest absolute Gasteiger partial charge is 0.234 e. The highest BCUT2D eigenvalue weighted by molar-refractivity contribution is 5.78. The summed E-state index contributed by atoms with van der Waals surface area (Å²) in [7, 11) is 1.56. The van der Waals surface area contributed by atoms with E-state index in [4.69, 9.17) is 10.5 Å². The zero-order valence-corrected chi connectivity index (χ0v) is 12.4. The molecule has 1 saturated heterocycles. The lowest BCUT2D eigenvalue weighted by molar-refractivity contribution is -0.135. The van der Waals surface area contributed by atoms with Gasteiger partial charge in [0.25, 0.3) is 0 Å². The van der Waals surface area contributed by atoms with Crippen LogP contribution >= 0.6 is 0 Å². The molecule has 1 aliphatic rings. The number of ether oxygens (including phenoxy) is 1. The van der Waals surface area contributed by atoms with E-state index in [1.807, 2.05) is 11.8 Å². The van der Waals surface area contributed by atoms with E-state index in [1.165, 1.54) is 0 Å². The molecule has 3 N–H and O–H groups in total. The SMILES string of the molecule is CCNC(=O)CN1CCN(C(=O)CC(CN)OC)CC1. The molecular formula is C13H26N4O3. The number of carbonyl (C=O) groups is 2. The summed E-state index contributed by atoms with van der Waals surface area (Å²) >= 11 is 0. The average molecular weight is 286 g/mol. The number of hydrogen-bond donors (Lipinski definition) is 2. The van der Waals surface area contributed by atoms with E-state index in [-0.39, 0.29) is 17.9 Å². The molecule has 7 heteroatoms. The van der Waals surface area contributed by atoms with Gasteiger partial charge in [0.1, 0.15) is 0 Å². The lowest BCUT2D eigenvalue weighted by Crippen LogP contribution is -2.51. The summed E-state index contributed by atoms with van der Waals surface area (Å²) in [5.41, 5.74) is 5.52. The number of carbonyl (C=O) groups excluding carboxylic acids is 2. The van der Waals surface area contributed by atoms with Crippen molar-refractivity contribution in [3.05, 3.63) is 0 Å². The maximum atomic E-state index is 12.1. The van der Waals surface area contributed by atoms with Crippen LogP contribution in [0.25, 0.3) is 0 Å². The number of amides is 2. The first kappa shape index (κ1) is 16.9. The van der Waals surface area contributed by atoms with Crippen molar-refractivity contribution in [3.63, 3.8) is 0 Å². The summed E-state index contributed by atoms with van der Waals surface area (Å²) in [6, 6.07) is 0. The minimum Gasteiger partial charge on any atom is -0.380 e. The summed E-state index contributed by atoms with van der Waals surface area (Å²) < 4.78 is 5.13. The second-order valence-corrected chi connectivity index (χ2v) is 4.91. The minimum atomic E-state index is -0.212. The fourth-order valence-electron chi connectivity index (χ4n) is 2.20. The lowest BCUT2D eigenvalue weighted by atomic mass is 10.2. The van der Waals surface area contributed by atoms with Crippen molar-refractivity contribution >= 4 is 11.8 Å². The Morgan fingerprint density at radius 2 is 1.95 bits per heavy atom. The highest BCUT2D eigenvalue weighted by atomic mass is 16.5. The van der Waals surface area contributed by atoms with Crippen molar-refractivity contribution in [3.8, 4) is 0 Å². The van der Waals surface area contributed by atoms with Crippen molar-refractivity contribution in [2.24, 2.45) is 5.73 Å². The zero-order chi connectivity index (χ0) is 15.0. The first-order valence-electron chi connectivity index (χ1n) is 7.10. The van der Waals surface area contributed by atoms with Gasteiger partial charge in [0.15, 0.2) is 0 Å². The van der Waals surface area contributed by atoms with Crippen LogP contribution in [-0.4, -0.2) is 80.6 Å². The van der Waals surface area contributed by atoms with Gasteiger partial charge in [-0.3, -0.25) is 14.5 Å². The highest BCUT2D eigenvalue weighted by Crippen LogP contribution is 2.06. The average Bonchev–Trinajstić information content (AvgIpc) is 2.45. The number of nitrogens with two attached hydrogens (primary N) is 1. The molecule has 1 fully saturated rings. The summed E-state index contributed by atoms with van der Waals surface area (Å²) in [4.78, 5) is 27.4. The molecule has 7 nitrogen and oxygen atoms in total. The molecule has 0 aliphatic carbocycles. The molecular weight excluding hydrogens is 260 g/mol. The maximum absolute atomic E-state index is 12.1. The van der Waals surface area contributed by atoms with Gasteiger partial charge in [0.05, 0.1) is 19.1 Å². The molecule has 0 bridgehead atoms. The van der Waals surface area contributed by atoms with E-state index in [0.717, 1.165) is 13.1 Å². The molecule has 1 atom stereocenters. The molecule has 1 unspecified atom stereocenters. The van der Waals surface area contributed by atoms with Gasteiger partial charge in [0, 0.05) is 46.4 Å². The van der Waals surface area contributed by atoms with E-state index in [0.29, 0.717) is 39.1 Å². The van der Waals surface area contributed by atoms with Crippen LogP contribution in [0.15, 0.2) is 0 Å². The standard InChI is InChI=1S/C13H26N4O3/c1-3-15-12(18)10-16-4-6-17(7-5-16)13(19)8-11(9-14)20-2/h11H,3-10,14H2,1-2H3,(H,15,18). The van der Waals surface area contributed by atoms with E-state index < -0.39 is 0 Å². The van der Waals surface area contributed by atoms with Crippen LogP contribution in [0.4, 0.5) is 0 Å². The number of likely N-dealkylation sites (N-methyl/N-ethyl adjacent to an activating group) is 1. The molecule has 0 radical (unpaired) electrons. The number of rotatable bonds is 7. The van der Waals surface area contributed by atoms with E-state index in [2.05, 4.69) is 10.2 Å². The first-order valence-corrected chi connectivity index (χ1v) is 7.10. The largest absolute Gasteiger partial charge is 0.380 e. The van der Waals surface area contributed by atoms with Gasteiger partial charge in [0.2, 0.25) is 11.8 Å². The predicted octanol–water partition coefficient (Wildman–Crippen LogP) is -1.37. The van der Waals surface area contributed by atoms with E-state index in [1.54, 1.807) is 7.11 Å². The molecule has 0 aromatic heterocycles. The van der Waals surface area contributed by atoms with Gasteiger partial charge < -0.3 is 20.7 Å². The Morgan fingerprint density at radius 1 is 1.30 bits per heavy atom. The molecule has 1 heterocycles. The summed E-state index contributed by atoms with van der Waals surface area (Å²) in [6.07, 6.45) is 0.111. The van der Waals surface area contributed by atoms with Crippen LogP contribution in [0.3, 0.4) is 0 Å². The van der Waals surface area contributed by atoms with Crippen molar-refractivity contribution in [1.29, 1.82) is 0 Å². The molecule has 20 heavy (non-hydrogen) atoms. The van der Waals surface area contributed by atoms with Gasteiger partial charge in [-0.05, 0) is 6.92 Å².